The molecule has 2 aromatic carbocycles. The van der Waals surface area contributed by atoms with E-state index in [0.29, 0.717) is 18.9 Å². The van der Waals surface area contributed by atoms with Crippen molar-refractivity contribution in [3.8, 4) is 0 Å². The van der Waals surface area contributed by atoms with Gasteiger partial charge in [0.1, 0.15) is 0 Å². The van der Waals surface area contributed by atoms with E-state index in [4.69, 9.17) is 4.52 Å². The van der Waals surface area contributed by atoms with Crippen LogP contribution in [0, 0.1) is 6.92 Å². The van der Waals surface area contributed by atoms with Crippen molar-refractivity contribution in [3.63, 3.8) is 0 Å². The molecule has 27 heavy (non-hydrogen) atoms. The average Bonchev–Trinajstić information content (AvgIpc) is 3.27. The zero-order chi connectivity index (χ0) is 18.2. The van der Waals surface area contributed by atoms with Gasteiger partial charge in [-0.15, -0.1) is 0 Å². The van der Waals surface area contributed by atoms with E-state index in [2.05, 4.69) is 75.5 Å². The summed E-state index contributed by atoms with van der Waals surface area (Å²) >= 11 is 0. The molecule has 0 unspecified atom stereocenters. The van der Waals surface area contributed by atoms with Crippen molar-refractivity contribution < 1.29 is 4.52 Å². The minimum atomic E-state index is 0.690. The summed E-state index contributed by atoms with van der Waals surface area (Å²) in [6, 6.07) is 16.9. The number of hydrogen-bond donors (Lipinski definition) is 1. The van der Waals surface area contributed by atoms with Crippen LogP contribution in [0.2, 0.25) is 0 Å². The molecule has 136 valence electrons. The lowest BCUT2D eigenvalue weighted by Gasteiger charge is -2.25. The molecule has 1 N–H and O–H groups in total. The second kappa shape index (κ2) is 6.67. The van der Waals surface area contributed by atoms with Gasteiger partial charge >= 0.3 is 0 Å². The number of aryl methyl sites for hydroxylation is 1. The van der Waals surface area contributed by atoms with Gasteiger partial charge < -0.3 is 9.51 Å². The SMILES string of the molecule is Cc1ccccc1Cc1noc(CN2CCc3c([nH]c4ccccc34)C2)n1. The second-order valence-corrected chi connectivity index (χ2v) is 7.30. The molecule has 0 saturated heterocycles. The van der Waals surface area contributed by atoms with Crippen molar-refractivity contribution in [2.45, 2.75) is 32.9 Å². The van der Waals surface area contributed by atoms with E-state index in [1.807, 2.05) is 0 Å². The summed E-state index contributed by atoms with van der Waals surface area (Å²) in [6.45, 7) is 4.70. The fourth-order valence-corrected chi connectivity index (χ4v) is 3.98. The molecule has 0 radical (unpaired) electrons. The quantitative estimate of drug-likeness (QED) is 0.599. The molecule has 0 atom stereocenters. The van der Waals surface area contributed by atoms with E-state index in [1.165, 1.54) is 33.3 Å². The maximum atomic E-state index is 5.51. The van der Waals surface area contributed by atoms with Gasteiger partial charge in [-0.1, -0.05) is 47.6 Å². The molecule has 5 nitrogen and oxygen atoms in total. The Balaban J connectivity index is 1.29. The predicted octanol–water partition coefficient (Wildman–Crippen LogP) is 4.01. The van der Waals surface area contributed by atoms with Gasteiger partial charge in [-0.3, -0.25) is 4.90 Å². The number of benzene rings is 2. The first-order valence-electron chi connectivity index (χ1n) is 9.43. The van der Waals surface area contributed by atoms with Crippen LogP contribution in [0.3, 0.4) is 0 Å². The number of rotatable bonds is 4. The normalized spacial score (nSPS) is 14.6. The largest absolute Gasteiger partial charge is 0.357 e. The van der Waals surface area contributed by atoms with E-state index in [-0.39, 0.29) is 0 Å². The Morgan fingerprint density at radius 1 is 1.11 bits per heavy atom. The topological polar surface area (TPSA) is 58.0 Å². The first-order chi connectivity index (χ1) is 13.3. The van der Waals surface area contributed by atoms with Gasteiger partial charge in [-0.05, 0) is 36.1 Å². The smallest absolute Gasteiger partial charge is 0.240 e. The average molecular weight is 358 g/mol. The maximum absolute atomic E-state index is 5.51. The molecule has 1 aliphatic rings. The maximum Gasteiger partial charge on any atom is 0.240 e. The number of H-pyrrole nitrogens is 1. The molecule has 0 amide bonds. The molecule has 2 aromatic heterocycles. The molecule has 5 rings (SSSR count). The lowest BCUT2D eigenvalue weighted by Crippen LogP contribution is -2.30. The Hall–Kier alpha value is -2.92. The number of nitrogens with zero attached hydrogens (tertiary/aromatic N) is 3. The molecule has 0 fully saturated rings. The number of nitrogens with one attached hydrogen (secondary N) is 1. The van der Waals surface area contributed by atoms with Gasteiger partial charge in [0.05, 0.1) is 6.54 Å². The Labute approximate surface area is 158 Å². The van der Waals surface area contributed by atoms with Crippen LogP contribution in [0.1, 0.15) is 34.1 Å². The van der Waals surface area contributed by atoms with Crippen LogP contribution in [0.5, 0.6) is 0 Å². The van der Waals surface area contributed by atoms with Crippen molar-refractivity contribution in [2.24, 2.45) is 0 Å². The van der Waals surface area contributed by atoms with Crippen LogP contribution in [0.25, 0.3) is 10.9 Å². The van der Waals surface area contributed by atoms with Crippen molar-refractivity contribution in [3.05, 3.63) is 82.6 Å². The van der Waals surface area contributed by atoms with Crippen LogP contribution >= 0.6 is 0 Å². The van der Waals surface area contributed by atoms with Crippen molar-refractivity contribution >= 4 is 10.9 Å². The van der Waals surface area contributed by atoms with E-state index < -0.39 is 0 Å². The van der Waals surface area contributed by atoms with Crippen molar-refractivity contribution in [1.82, 2.24) is 20.0 Å². The summed E-state index contributed by atoms with van der Waals surface area (Å²) in [5.74, 6) is 1.45. The van der Waals surface area contributed by atoms with E-state index in [9.17, 15) is 0 Å². The van der Waals surface area contributed by atoms with Crippen LogP contribution in [-0.4, -0.2) is 26.6 Å². The summed E-state index contributed by atoms with van der Waals surface area (Å²) in [6.07, 6.45) is 1.76. The van der Waals surface area contributed by atoms with Gasteiger partial charge in [-0.2, -0.15) is 4.98 Å². The summed E-state index contributed by atoms with van der Waals surface area (Å²) in [5, 5.41) is 5.53. The Morgan fingerprint density at radius 2 is 1.96 bits per heavy atom. The minimum Gasteiger partial charge on any atom is -0.357 e. The molecule has 5 heteroatoms. The lowest BCUT2D eigenvalue weighted by atomic mass is 10.0. The summed E-state index contributed by atoms with van der Waals surface area (Å²) in [5.41, 5.74) is 6.48. The molecule has 0 bridgehead atoms. The van der Waals surface area contributed by atoms with Crippen LogP contribution in [0.4, 0.5) is 0 Å². The van der Waals surface area contributed by atoms with Crippen LogP contribution < -0.4 is 0 Å². The van der Waals surface area contributed by atoms with Gasteiger partial charge in [0.15, 0.2) is 5.82 Å². The lowest BCUT2D eigenvalue weighted by molar-refractivity contribution is 0.209. The number of fused-ring (bicyclic) bond motifs is 3. The third kappa shape index (κ3) is 3.15. The molecule has 3 heterocycles. The van der Waals surface area contributed by atoms with E-state index in [0.717, 1.165) is 25.3 Å². The molecule has 0 aliphatic carbocycles. The number of aromatic amines is 1. The monoisotopic (exact) mass is 358 g/mol. The van der Waals surface area contributed by atoms with Crippen LogP contribution in [0.15, 0.2) is 53.1 Å². The van der Waals surface area contributed by atoms with Gasteiger partial charge in [0, 0.05) is 36.1 Å². The number of aromatic nitrogens is 3. The highest BCUT2D eigenvalue weighted by Gasteiger charge is 2.22. The van der Waals surface area contributed by atoms with Crippen LogP contribution in [-0.2, 0) is 25.9 Å². The van der Waals surface area contributed by atoms with Gasteiger partial charge in [-0.25, -0.2) is 0 Å². The Bertz CT molecular complexity index is 1090. The first-order valence-corrected chi connectivity index (χ1v) is 9.43. The highest BCUT2D eigenvalue weighted by molar-refractivity contribution is 5.84. The molecular formula is C22H22N4O. The fraction of sp³-hybridized carbons (Fsp3) is 0.273. The van der Waals surface area contributed by atoms with Gasteiger partial charge in [0.2, 0.25) is 5.89 Å². The third-order valence-corrected chi connectivity index (χ3v) is 5.44. The highest BCUT2D eigenvalue weighted by atomic mass is 16.5. The fourth-order valence-electron chi connectivity index (χ4n) is 3.98. The van der Waals surface area contributed by atoms with E-state index in [1.54, 1.807) is 0 Å². The summed E-state index contributed by atoms with van der Waals surface area (Å²) in [7, 11) is 0. The zero-order valence-corrected chi connectivity index (χ0v) is 15.4. The molecule has 0 saturated carbocycles. The molecular weight excluding hydrogens is 336 g/mol. The molecule has 0 spiro atoms. The zero-order valence-electron chi connectivity index (χ0n) is 15.4. The second-order valence-electron chi connectivity index (χ2n) is 7.30. The standard InChI is InChI=1S/C22H22N4O/c1-15-6-2-3-7-16(15)12-21-24-22(27-25-21)14-26-11-10-18-17-8-4-5-9-19(17)23-20(18)13-26/h2-9,23H,10-14H2,1H3. The Kier molecular flexibility index (Phi) is 4.02. The molecule has 1 aliphatic heterocycles. The number of hydrogen-bond acceptors (Lipinski definition) is 4. The first kappa shape index (κ1) is 16.3. The summed E-state index contributed by atoms with van der Waals surface area (Å²) < 4.78 is 5.51. The minimum absolute atomic E-state index is 0.690. The predicted molar refractivity (Wildman–Crippen MR) is 104 cm³/mol. The van der Waals surface area contributed by atoms with Crippen molar-refractivity contribution in [2.75, 3.05) is 6.54 Å². The summed E-state index contributed by atoms with van der Waals surface area (Å²) in [4.78, 5) is 10.5. The third-order valence-electron chi connectivity index (χ3n) is 5.44. The van der Waals surface area contributed by atoms with Crippen molar-refractivity contribution in [1.29, 1.82) is 0 Å². The molecule has 4 aromatic rings. The van der Waals surface area contributed by atoms with Gasteiger partial charge in [0.25, 0.3) is 0 Å². The number of para-hydroxylation sites is 1. The highest BCUT2D eigenvalue weighted by Crippen LogP contribution is 2.27. The van der Waals surface area contributed by atoms with E-state index >= 15 is 0 Å². The Morgan fingerprint density at radius 3 is 2.89 bits per heavy atom.